The van der Waals surface area contributed by atoms with Gasteiger partial charge in [-0.25, -0.2) is 4.39 Å². The number of hydrogen-bond acceptors (Lipinski definition) is 2. The highest BCUT2D eigenvalue weighted by molar-refractivity contribution is 6.31. The van der Waals surface area contributed by atoms with Gasteiger partial charge in [-0.3, -0.25) is 4.79 Å². The summed E-state index contributed by atoms with van der Waals surface area (Å²) >= 11 is 5.90. The Balaban J connectivity index is 2.31. The van der Waals surface area contributed by atoms with E-state index in [9.17, 15) is 22.4 Å². The third-order valence-electron chi connectivity index (χ3n) is 3.55. The largest absolute Gasteiger partial charge is 0.416 e. The minimum absolute atomic E-state index is 0.121. The highest BCUT2D eigenvalue weighted by Gasteiger charge is 2.32. The maximum Gasteiger partial charge on any atom is 0.416 e. The lowest BCUT2D eigenvalue weighted by Crippen LogP contribution is -2.10. The lowest BCUT2D eigenvalue weighted by Gasteiger charge is -2.10. The molecule has 0 atom stereocenters. The molecule has 2 aromatic carbocycles. The number of hydrogen-bond donors (Lipinski definition) is 1. The van der Waals surface area contributed by atoms with E-state index in [1.807, 2.05) is 6.07 Å². The summed E-state index contributed by atoms with van der Waals surface area (Å²) in [5.74, 6) is -1.26. The van der Waals surface area contributed by atoms with Crippen molar-refractivity contribution in [2.45, 2.75) is 6.18 Å². The van der Waals surface area contributed by atoms with Crippen molar-refractivity contribution < 1.29 is 17.6 Å². The Hall–Kier alpha value is -2.85. The average Bonchev–Trinajstić information content (AvgIpc) is 2.52. The second-order valence-electron chi connectivity index (χ2n) is 5.27. The zero-order valence-corrected chi connectivity index (χ0v) is 13.0. The van der Waals surface area contributed by atoms with Gasteiger partial charge in [-0.15, -0.1) is 0 Å². The van der Waals surface area contributed by atoms with Crippen molar-refractivity contribution in [2.24, 2.45) is 0 Å². The number of benzene rings is 2. The van der Waals surface area contributed by atoms with Gasteiger partial charge in [0.25, 0.3) is 0 Å². The summed E-state index contributed by atoms with van der Waals surface area (Å²) in [6.07, 6.45) is -4.76. The van der Waals surface area contributed by atoms with Crippen LogP contribution in [0.3, 0.4) is 0 Å². The van der Waals surface area contributed by atoms with E-state index in [4.69, 9.17) is 16.9 Å². The number of nitrogens with one attached hydrogen (secondary N) is 1. The molecule has 0 aliphatic carbocycles. The van der Waals surface area contributed by atoms with Gasteiger partial charge in [0, 0.05) is 22.3 Å². The molecule has 0 bridgehead atoms. The van der Waals surface area contributed by atoms with Crippen LogP contribution in [0.1, 0.15) is 11.1 Å². The van der Waals surface area contributed by atoms with E-state index in [0.717, 1.165) is 6.07 Å². The fourth-order valence-corrected chi connectivity index (χ4v) is 2.70. The van der Waals surface area contributed by atoms with Gasteiger partial charge in [-0.1, -0.05) is 11.6 Å². The van der Waals surface area contributed by atoms with Gasteiger partial charge in [-0.2, -0.15) is 18.4 Å². The van der Waals surface area contributed by atoms with Gasteiger partial charge in [0.05, 0.1) is 28.1 Å². The molecule has 0 saturated heterocycles. The zero-order chi connectivity index (χ0) is 18.4. The number of pyridine rings is 1. The van der Waals surface area contributed by atoms with Crippen LogP contribution in [0.4, 0.5) is 17.6 Å². The normalized spacial score (nSPS) is 11.5. The lowest BCUT2D eigenvalue weighted by molar-refractivity contribution is -0.137. The lowest BCUT2D eigenvalue weighted by atomic mass is 10.0. The molecule has 1 aromatic heterocycles. The monoisotopic (exact) mass is 366 g/mol. The number of fused-ring (bicyclic) bond motifs is 1. The van der Waals surface area contributed by atoms with Crippen molar-refractivity contribution in [1.29, 1.82) is 5.26 Å². The highest BCUT2D eigenvalue weighted by Crippen LogP contribution is 2.32. The first-order chi connectivity index (χ1) is 11.7. The minimum atomic E-state index is -4.76. The molecular weight excluding hydrogens is 360 g/mol. The molecule has 3 nitrogen and oxygen atoms in total. The third-order valence-corrected chi connectivity index (χ3v) is 3.76. The maximum atomic E-state index is 14.0. The van der Waals surface area contributed by atoms with Crippen LogP contribution in [0, 0.1) is 17.1 Å². The first kappa shape index (κ1) is 17.0. The van der Waals surface area contributed by atoms with Crippen molar-refractivity contribution in [3.8, 4) is 17.3 Å². The second-order valence-corrected chi connectivity index (χ2v) is 5.70. The van der Waals surface area contributed by atoms with E-state index in [2.05, 4.69) is 4.98 Å². The smallest absolute Gasteiger partial charge is 0.354 e. The second kappa shape index (κ2) is 5.90. The summed E-state index contributed by atoms with van der Waals surface area (Å²) in [6.45, 7) is 0. The van der Waals surface area contributed by atoms with Crippen LogP contribution in [0.15, 0.2) is 41.2 Å². The third kappa shape index (κ3) is 3.21. The van der Waals surface area contributed by atoms with E-state index in [0.29, 0.717) is 11.6 Å². The van der Waals surface area contributed by atoms with E-state index in [-0.39, 0.29) is 27.9 Å². The number of rotatable bonds is 1. The van der Waals surface area contributed by atoms with Gasteiger partial charge in [0.15, 0.2) is 5.43 Å². The number of H-pyrrole nitrogens is 1. The Kier molecular flexibility index (Phi) is 4.01. The number of nitriles is 1. The Morgan fingerprint density at radius 1 is 1.08 bits per heavy atom. The van der Waals surface area contributed by atoms with Gasteiger partial charge < -0.3 is 4.98 Å². The molecule has 1 N–H and O–H groups in total. The van der Waals surface area contributed by atoms with Crippen LogP contribution in [-0.4, -0.2) is 4.98 Å². The predicted octanol–water partition coefficient (Wildman–Crippen LogP) is 4.88. The van der Waals surface area contributed by atoms with Crippen molar-refractivity contribution in [3.63, 3.8) is 0 Å². The molecule has 3 rings (SSSR count). The Morgan fingerprint density at radius 2 is 1.80 bits per heavy atom. The van der Waals surface area contributed by atoms with Crippen molar-refractivity contribution in [2.75, 3.05) is 0 Å². The molecule has 0 fully saturated rings. The quantitative estimate of drug-likeness (QED) is 0.624. The topological polar surface area (TPSA) is 56.6 Å². The van der Waals surface area contributed by atoms with Crippen molar-refractivity contribution >= 4 is 22.5 Å². The number of alkyl halides is 3. The average molecular weight is 367 g/mol. The fourth-order valence-electron chi connectivity index (χ4n) is 2.47. The summed E-state index contributed by atoms with van der Waals surface area (Å²) in [4.78, 5) is 14.8. The Labute approximate surface area is 143 Å². The van der Waals surface area contributed by atoms with Crippen LogP contribution in [0.2, 0.25) is 5.02 Å². The number of aromatic nitrogens is 1. The van der Waals surface area contributed by atoms with Gasteiger partial charge in [0.1, 0.15) is 5.82 Å². The number of aromatic amines is 1. The summed E-state index contributed by atoms with van der Waals surface area (Å²) in [6, 6.07) is 8.12. The molecule has 0 aliphatic heterocycles. The van der Waals surface area contributed by atoms with Crippen molar-refractivity contribution in [3.05, 3.63) is 68.6 Å². The summed E-state index contributed by atoms with van der Waals surface area (Å²) in [5, 5.41) is 8.71. The molecule has 0 amide bonds. The highest BCUT2D eigenvalue weighted by atomic mass is 35.5. The van der Waals surface area contributed by atoms with Gasteiger partial charge in [0.2, 0.25) is 0 Å². The minimum Gasteiger partial charge on any atom is -0.354 e. The molecule has 3 aromatic rings. The summed E-state index contributed by atoms with van der Waals surface area (Å²) < 4.78 is 52.5. The van der Waals surface area contributed by atoms with Crippen LogP contribution < -0.4 is 5.43 Å². The van der Waals surface area contributed by atoms with E-state index in [1.165, 1.54) is 18.2 Å². The molecule has 25 heavy (non-hydrogen) atoms. The van der Waals surface area contributed by atoms with E-state index >= 15 is 0 Å². The maximum absolute atomic E-state index is 14.0. The number of nitrogens with zero attached hydrogens (tertiary/aromatic N) is 1. The predicted molar refractivity (Wildman–Crippen MR) is 84.7 cm³/mol. The van der Waals surface area contributed by atoms with Crippen LogP contribution in [-0.2, 0) is 6.18 Å². The Bertz CT molecular complexity index is 1100. The molecule has 0 saturated carbocycles. The van der Waals surface area contributed by atoms with Crippen LogP contribution in [0.25, 0.3) is 22.2 Å². The van der Waals surface area contributed by atoms with E-state index < -0.39 is 28.4 Å². The first-order valence-electron chi connectivity index (χ1n) is 6.84. The van der Waals surface area contributed by atoms with Crippen LogP contribution >= 0.6 is 11.6 Å². The summed E-state index contributed by atoms with van der Waals surface area (Å²) in [5.41, 5.74) is -1.65. The van der Waals surface area contributed by atoms with Crippen molar-refractivity contribution in [1.82, 2.24) is 4.98 Å². The van der Waals surface area contributed by atoms with Gasteiger partial charge in [-0.05, 0) is 30.3 Å². The summed E-state index contributed by atoms with van der Waals surface area (Å²) in [7, 11) is 0. The van der Waals surface area contributed by atoms with Gasteiger partial charge >= 0.3 is 6.18 Å². The Morgan fingerprint density at radius 3 is 2.44 bits per heavy atom. The zero-order valence-electron chi connectivity index (χ0n) is 12.2. The standard InChI is InChI=1S/C17H7ClF4N2O/c18-11-2-8(7-23)1-9(3-11)13-6-15(25)16-12(19)4-10(17(20,21)22)5-14(16)24-13/h1-6H,(H,24,25). The van der Waals surface area contributed by atoms with Crippen LogP contribution in [0.5, 0.6) is 0 Å². The molecule has 1 heterocycles. The molecule has 8 heteroatoms. The number of halogens is 5. The molecule has 126 valence electrons. The molecule has 0 spiro atoms. The van der Waals surface area contributed by atoms with E-state index in [1.54, 1.807) is 0 Å². The molecular formula is C17H7ClF4N2O. The SMILES string of the molecule is N#Cc1cc(Cl)cc(-c2cc(=O)c3c(F)cc(C(F)(F)F)cc3[nH]2)c1. The fraction of sp³-hybridized carbons (Fsp3) is 0.0588. The molecule has 0 aliphatic rings. The molecule has 0 radical (unpaired) electrons. The first-order valence-corrected chi connectivity index (χ1v) is 7.21. The molecule has 0 unspecified atom stereocenters.